The number of benzene rings is 1. The van der Waals surface area contributed by atoms with Crippen molar-refractivity contribution in [3.05, 3.63) is 46.7 Å². The third-order valence-electron chi connectivity index (χ3n) is 4.53. The quantitative estimate of drug-likeness (QED) is 0.865. The Morgan fingerprint density at radius 1 is 1.33 bits per heavy atom. The molecule has 0 saturated heterocycles. The van der Waals surface area contributed by atoms with Gasteiger partial charge in [-0.2, -0.15) is 0 Å². The van der Waals surface area contributed by atoms with Gasteiger partial charge in [0.05, 0.1) is 11.7 Å². The first-order chi connectivity index (χ1) is 11.2. The third kappa shape index (κ3) is 2.79. The van der Waals surface area contributed by atoms with Crippen molar-refractivity contribution in [3.8, 4) is 5.75 Å². The summed E-state index contributed by atoms with van der Waals surface area (Å²) in [5, 5.41) is 9.77. The van der Waals surface area contributed by atoms with Gasteiger partial charge in [-0.05, 0) is 42.0 Å². The minimum Gasteiger partial charge on any atom is -0.508 e. The molecule has 1 N–H and O–H groups in total. The predicted molar refractivity (Wildman–Crippen MR) is 91.0 cm³/mol. The van der Waals surface area contributed by atoms with Crippen LogP contribution in [0.25, 0.3) is 0 Å². The number of carbonyl (C=O) groups is 1. The monoisotopic (exact) mass is 328 g/mol. The number of carbonyl (C=O) groups excluding carboxylic acids is 1. The Hall–Kier alpha value is -2.30. The Morgan fingerprint density at radius 2 is 2.04 bits per heavy atom. The molecule has 1 aliphatic rings. The summed E-state index contributed by atoms with van der Waals surface area (Å²) in [6.07, 6.45) is 0.716. The van der Waals surface area contributed by atoms with E-state index in [0.717, 1.165) is 11.1 Å². The molecule has 2 aromatic rings. The van der Waals surface area contributed by atoms with E-state index in [1.807, 2.05) is 11.0 Å². The molecule has 1 aromatic carbocycles. The molecule has 24 heavy (non-hydrogen) atoms. The number of nitrogens with zero attached hydrogens (tertiary/aromatic N) is 2. The maximum atomic E-state index is 13.1. The number of aromatic hydroxyl groups is 1. The van der Waals surface area contributed by atoms with Gasteiger partial charge in [-0.15, -0.1) is 0 Å². The number of rotatable bonds is 1. The van der Waals surface area contributed by atoms with Gasteiger partial charge in [0, 0.05) is 13.5 Å². The molecule has 1 atom stereocenters. The van der Waals surface area contributed by atoms with E-state index in [4.69, 9.17) is 4.42 Å². The standard InChI is InChI=1S/C19H24N2O3/c1-11-16(24-12(2)20-11)18(23)21-9-8-13-10-14(22)6-7-15(13)17(21)19(3,4)5/h6-7,10,17,22H,8-9H2,1-5H3. The van der Waals surface area contributed by atoms with Gasteiger partial charge in [0.25, 0.3) is 5.91 Å². The van der Waals surface area contributed by atoms with Crippen LogP contribution in [0.15, 0.2) is 22.6 Å². The fraction of sp³-hybridized carbons (Fsp3) is 0.474. The summed E-state index contributed by atoms with van der Waals surface area (Å²) in [6.45, 7) is 10.5. The van der Waals surface area contributed by atoms with Crippen LogP contribution in [0.5, 0.6) is 5.75 Å². The average molecular weight is 328 g/mol. The number of aryl methyl sites for hydroxylation is 2. The molecular weight excluding hydrogens is 304 g/mol. The summed E-state index contributed by atoms with van der Waals surface area (Å²) in [6, 6.07) is 5.34. The molecule has 0 saturated carbocycles. The molecule has 0 fully saturated rings. The zero-order chi connectivity index (χ0) is 17.6. The second kappa shape index (κ2) is 5.65. The molecule has 1 amide bonds. The van der Waals surface area contributed by atoms with Crippen molar-refractivity contribution >= 4 is 5.91 Å². The molecule has 1 aliphatic heterocycles. The summed E-state index contributed by atoms with van der Waals surface area (Å²) in [5.74, 6) is 0.976. The van der Waals surface area contributed by atoms with Crippen molar-refractivity contribution < 1.29 is 14.3 Å². The molecule has 1 unspecified atom stereocenters. The van der Waals surface area contributed by atoms with E-state index in [9.17, 15) is 9.90 Å². The first kappa shape index (κ1) is 16.6. The number of oxazole rings is 1. The van der Waals surface area contributed by atoms with Crippen molar-refractivity contribution in [2.24, 2.45) is 5.41 Å². The maximum absolute atomic E-state index is 13.1. The topological polar surface area (TPSA) is 66.6 Å². The largest absolute Gasteiger partial charge is 0.508 e. The molecule has 1 aromatic heterocycles. The molecule has 0 spiro atoms. The van der Waals surface area contributed by atoms with Crippen molar-refractivity contribution in [3.63, 3.8) is 0 Å². The highest BCUT2D eigenvalue weighted by atomic mass is 16.4. The van der Waals surface area contributed by atoms with E-state index in [1.54, 1.807) is 26.0 Å². The number of amides is 1. The third-order valence-corrected chi connectivity index (χ3v) is 4.53. The molecule has 128 valence electrons. The smallest absolute Gasteiger partial charge is 0.292 e. The van der Waals surface area contributed by atoms with Gasteiger partial charge in [0.1, 0.15) is 5.75 Å². The van der Waals surface area contributed by atoms with Gasteiger partial charge in [0.2, 0.25) is 5.76 Å². The number of aromatic nitrogens is 1. The molecular formula is C19H24N2O3. The number of fused-ring (bicyclic) bond motifs is 1. The normalized spacial score (nSPS) is 17.7. The lowest BCUT2D eigenvalue weighted by molar-refractivity contribution is 0.0450. The first-order valence-electron chi connectivity index (χ1n) is 8.25. The molecule has 0 radical (unpaired) electrons. The van der Waals surface area contributed by atoms with Gasteiger partial charge < -0.3 is 14.4 Å². The predicted octanol–water partition coefficient (Wildman–Crippen LogP) is 3.78. The lowest BCUT2D eigenvalue weighted by atomic mass is 9.77. The molecule has 0 aliphatic carbocycles. The Kier molecular flexibility index (Phi) is 3.90. The van der Waals surface area contributed by atoms with Gasteiger partial charge in [-0.1, -0.05) is 26.8 Å². The molecule has 5 heteroatoms. The van der Waals surface area contributed by atoms with Crippen LogP contribution in [0, 0.1) is 19.3 Å². The van der Waals surface area contributed by atoms with Gasteiger partial charge in [-0.25, -0.2) is 4.98 Å². The van der Waals surface area contributed by atoms with E-state index in [-0.39, 0.29) is 23.1 Å². The molecule has 2 heterocycles. The minimum absolute atomic E-state index is 0.0841. The van der Waals surface area contributed by atoms with Gasteiger partial charge in [0.15, 0.2) is 5.89 Å². The molecule has 5 nitrogen and oxygen atoms in total. The summed E-state index contributed by atoms with van der Waals surface area (Å²) in [7, 11) is 0. The van der Waals surface area contributed by atoms with Crippen LogP contribution in [0.1, 0.15) is 60.1 Å². The summed E-state index contributed by atoms with van der Waals surface area (Å²) < 4.78 is 5.56. The van der Waals surface area contributed by atoms with Crippen LogP contribution in [0.4, 0.5) is 0 Å². The molecule has 3 rings (SSSR count). The van der Waals surface area contributed by atoms with Crippen molar-refractivity contribution in [2.75, 3.05) is 6.54 Å². The summed E-state index contributed by atoms with van der Waals surface area (Å²) >= 11 is 0. The highest BCUT2D eigenvalue weighted by Gasteiger charge is 2.40. The number of phenols is 1. The zero-order valence-corrected chi connectivity index (χ0v) is 14.9. The first-order valence-corrected chi connectivity index (χ1v) is 8.25. The highest BCUT2D eigenvalue weighted by Crippen LogP contribution is 2.43. The Labute approximate surface area is 142 Å². The van der Waals surface area contributed by atoms with Crippen LogP contribution >= 0.6 is 0 Å². The lowest BCUT2D eigenvalue weighted by Gasteiger charge is -2.44. The van der Waals surface area contributed by atoms with Gasteiger partial charge in [-0.3, -0.25) is 4.79 Å². The van der Waals surface area contributed by atoms with Crippen LogP contribution in [0.2, 0.25) is 0 Å². The summed E-state index contributed by atoms with van der Waals surface area (Å²) in [4.78, 5) is 19.2. The van der Waals surface area contributed by atoms with E-state index in [0.29, 0.717) is 30.3 Å². The summed E-state index contributed by atoms with van der Waals surface area (Å²) in [5.41, 5.74) is 2.67. The van der Waals surface area contributed by atoms with E-state index in [1.165, 1.54) is 0 Å². The molecule has 0 bridgehead atoms. The van der Waals surface area contributed by atoms with Gasteiger partial charge >= 0.3 is 0 Å². The second-order valence-corrected chi connectivity index (χ2v) is 7.55. The number of phenolic OH excluding ortho intramolecular Hbond substituents is 1. The van der Waals surface area contributed by atoms with Crippen LogP contribution in [-0.4, -0.2) is 27.4 Å². The van der Waals surface area contributed by atoms with Crippen molar-refractivity contribution in [1.29, 1.82) is 0 Å². The maximum Gasteiger partial charge on any atom is 0.292 e. The number of hydrogen-bond donors (Lipinski definition) is 1. The SMILES string of the molecule is Cc1nc(C)c(C(=O)N2CCc3cc(O)ccc3C2C(C)(C)C)o1. The minimum atomic E-state index is -0.148. The Balaban J connectivity index is 2.06. The van der Waals surface area contributed by atoms with Crippen molar-refractivity contribution in [1.82, 2.24) is 9.88 Å². The zero-order valence-electron chi connectivity index (χ0n) is 14.9. The van der Waals surface area contributed by atoms with Crippen LogP contribution < -0.4 is 0 Å². The van der Waals surface area contributed by atoms with Crippen molar-refractivity contribution in [2.45, 2.75) is 47.1 Å². The van der Waals surface area contributed by atoms with Crippen LogP contribution in [0.3, 0.4) is 0 Å². The average Bonchev–Trinajstić information content (AvgIpc) is 2.82. The second-order valence-electron chi connectivity index (χ2n) is 7.55. The fourth-order valence-electron chi connectivity index (χ4n) is 3.63. The Morgan fingerprint density at radius 3 is 2.62 bits per heavy atom. The number of hydrogen-bond acceptors (Lipinski definition) is 4. The van der Waals surface area contributed by atoms with E-state index in [2.05, 4.69) is 25.8 Å². The fourth-order valence-corrected chi connectivity index (χ4v) is 3.63. The van der Waals surface area contributed by atoms with E-state index >= 15 is 0 Å². The van der Waals surface area contributed by atoms with E-state index < -0.39 is 0 Å². The lowest BCUT2D eigenvalue weighted by Crippen LogP contribution is -2.45. The van der Waals surface area contributed by atoms with Crippen LogP contribution in [-0.2, 0) is 6.42 Å². The highest BCUT2D eigenvalue weighted by molar-refractivity contribution is 5.93. The Bertz CT molecular complexity index is 786.